The predicted molar refractivity (Wildman–Crippen MR) is 246 cm³/mol. The summed E-state index contributed by atoms with van der Waals surface area (Å²) in [6, 6.07) is 0. The van der Waals surface area contributed by atoms with Gasteiger partial charge in [0.2, 0.25) is 0 Å². The summed E-state index contributed by atoms with van der Waals surface area (Å²) >= 11 is 0. The third kappa shape index (κ3) is 38.7. The molecule has 358 valence electrons. The number of rotatable bonds is 46. The minimum absolute atomic E-state index is 0.00196. The summed E-state index contributed by atoms with van der Waals surface area (Å²) in [7, 11) is 0. The van der Waals surface area contributed by atoms with Gasteiger partial charge in [-0.2, -0.15) is 0 Å². The van der Waals surface area contributed by atoms with E-state index in [9.17, 15) is 24.0 Å². The van der Waals surface area contributed by atoms with Gasteiger partial charge in [0, 0.05) is 0 Å². The molecule has 0 aromatic heterocycles. The average Bonchev–Trinajstić information content (AvgIpc) is 3.24. The van der Waals surface area contributed by atoms with Crippen molar-refractivity contribution in [1.29, 1.82) is 0 Å². The molecule has 0 aliphatic rings. The third-order valence-electron chi connectivity index (χ3n) is 11.8. The van der Waals surface area contributed by atoms with E-state index in [-0.39, 0.29) is 42.7 Å². The summed E-state index contributed by atoms with van der Waals surface area (Å²) in [6.45, 7) is 9.18. The molecule has 0 amide bonds. The molecule has 0 saturated carbocycles. The molecule has 0 radical (unpaired) electrons. The van der Waals surface area contributed by atoms with Gasteiger partial charge in [0.15, 0.2) is 6.61 Å². The molecule has 0 heterocycles. The first-order valence-electron chi connectivity index (χ1n) is 25.6. The zero-order chi connectivity index (χ0) is 45.0. The van der Waals surface area contributed by atoms with Crippen LogP contribution in [-0.4, -0.2) is 60.9 Å². The van der Waals surface area contributed by atoms with Crippen molar-refractivity contribution in [3.05, 3.63) is 0 Å². The zero-order valence-corrected chi connectivity index (χ0v) is 39.9. The van der Waals surface area contributed by atoms with Crippen molar-refractivity contribution >= 4 is 29.8 Å². The van der Waals surface area contributed by atoms with E-state index in [1.165, 1.54) is 103 Å². The van der Waals surface area contributed by atoms with Crippen molar-refractivity contribution in [2.75, 3.05) is 19.8 Å². The highest BCUT2D eigenvalue weighted by molar-refractivity contribution is 5.79. The third-order valence-corrected chi connectivity index (χ3v) is 11.8. The van der Waals surface area contributed by atoms with E-state index in [4.69, 9.17) is 24.1 Å². The van der Waals surface area contributed by atoms with Crippen molar-refractivity contribution in [3.63, 3.8) is 0 Å². The molecule has 0 saturated heterocycles. The molecule has 0 aromatic carbocycles. The molecular formula is C51H94O10. The first-order valence-corrected chi connectivity index (χ1v) is 25.6. The molecule has 61 heavy (non-hydrogen) atoms. The molecule has 0 aromatic rings. The molecule has 10 nitrogen and oxygen atoms in total. The van der Waals surface area contributed by atoms with Crippen LogP contribution in [0.2, 0.25) is 0 Å². The number of carboxylic acids is 1. The Bertz CT molecular complexity index is 1000. The summed E-state index contributed by atoms with van der Waals surface area (Å²) in [5, 5.41) is 8.81. The van der Waals surface area contributed by atoms with Crippen LogP contribution in [0.15, 0.2) is 0 Å². The summed E-state index contributed by atoms with van der Waals surface area (Å²) in [5.74, 6) is -2.56. The largest absolute Gasteiger partial charge is 0.481 e. The number of ether oxygens (including phenoxy) is 4. The van der Waals surface area contributed by atoms with E-state index >= 15 is 0 Å². The first kappa shape index (κ1) is 58.4. The quantitative estimate of drug-likeness (QED) is 0.0357. The summed E-state index contributed by atoms with van der Waals surface area (Å²) < 4.78 is 22.2. The van der Waals surface area contributed by atoms with E-state index in [2.05, 4.69) is 27.7 Å². The number of carbonyl (C=O) groups is 5. The fourth-order valence-electron chi connectivity index (χ4n) is 7.88. The van der Waals surface area contributed by atoms with Gasteiger partial charge in [0.05, 0.1) is 37.9 Å². The van der Waals surface area contributed by atoms with E-state index < -0.39 is 24.5 Å². The van der Waals surface area contributed by atoms with Crippen LogP contribution < -0.4 is 0 Å². The Labute approximate surface area is 373 Å². The Morgan fingerprint density at radius 3 is 1.08 bits per heavy atom. The fourth-order valence-corrected chi connectivity index (χ4v) is 7.88. The maximum atomic E-state index is 13.0. The van der Waals surface area contributed by atoms with Gasteiger partial charge in [-0.3, -0.25) is 19.2 Å². The van der Waals surface area contributed by atoms with Crippen LogP contribution >= 0.6 is 0 Å². The topological polar surface area (TPSA) is 142 Å². The minimum atomic E-state index is -1.10. The Kier molecular flexibility index (Phi) is 42.1. The van der Waals surface area contributed by atoms with Crippen molar-refractivity contribution in [3.8, 4) is 0 Å². The van der Waals surface area contributed by atoms with Crippen molar-refractivity contribution < 1.29 is 48.0 Å². The van der Waals surface area contributed by atoms with E-state index in [1.54, 1.807) is 0 Å². The highest BCUT2D eigenvalue weighted by Crippen LogP contribution is 2.23. The van der Waals surface area contributed by atoms with Gasteiger partial charge in [-0.1, -0.05) is 182 Å². The maximum absolute atomic E-state index is 13.0. The van der Waals surface area contributed by atoms with Crippen LogP contribution in [0.3, 0.4) is 0 Å². The lowest BCUT2D eigenvalue weighted by Gasteiger charge is -2.18. The molecule has 0 fully saturated rings. The number of esters is 4. The standard InChI is InChI=1S/C51H94O10/c1-5-9-13-17-19-27-35-44(33-25-15-11-7-3)50(56)58-41-31-23-21-29-37-46(61-49(55)43-60-48(54)40-39-47(52)53)38-30-22-24-32-42-59-51(57)45(34-26-16-12-8-4)36-28-20-18-14-10-6-2/h44-46H,5-43H2,1-4H3,(H,52,53). The summed E-state index contributed by atoms with van der Waals surface area (Å²) in [4.78, 5) is 61.3. The van der Waals surface area contributed by atoms with Gasteiger partial charge in [0.25, 0.3) is 0 Å². The van der Waals surface area contributed by atoms with Crippen LogP contribution in [0, 0.1) is 11.8 Å². The molecule has 0 bridgehead atoms. The van der Waals surface area contributed by atoms with Gasteiger partial charge < -0.3 is 24.1 Å². The summed E-state index contributed by atoms with van der Waals surface area (Å²) in [6.07, 6.45) is 34.9. The predicted octanol–water partition coefficient (Wildman–Crippen LogP) is 14.0. The van der Waals surface area contributed by atoms with Crippen LogP contribution in [0.1, 0.15) is 259 Å². The number of unbranched alkanes of at least 4 members (excludes halogenated alkanes) is 22. The highest BCUT2D eigenvalue weighted by Gasteiger charge is 2.21. The van der Waals surface area contributed by atoms with Gasteiger partial charge in [0.1, 0.15) is 6.10 Å². The van der Waals surface area contributed by atoms with Gasteiger partial charge in [-0.15, -0.1) is 0 Å². The molecular weight excluding hydrogens is 773 g/mol. The Balaban J connectivity index is 4.82. The van der Waals surface area contributed by atoms with Gasteiger partial charge in [-0.25, -0.2) is 4.79 Å². The van der Waals surface area contributed by atoms with Crippen molar-refractivity contribution in [2.24, 2.45) is 11.8 Å². The zero-order valence-electron chi connectivity index (χ0n) is 39.9. The van der Waals surface area contributed by atoms with Gasteiger partial charge in [-0.05, 0) is 64.2 Å². The molecule has 0 spiro atoms. The van der Waals surface area contributed by atoms with Crippen molar-refractivity contribution in [2.45, 2.75) is 265 Å². The average molecular weight is 867 g/mol. The van der Waals surface area contributed by atoms with Crippen LogP contribution in [0.25, 0.3) is 0 Å². The lowest BCUT2D eigenvalue weighted by molar-refractivity contribution is -0.163. The molecule has 2 atom stereocenters. The minimum Gasteiger partial charge on any atom is -0.481 e. The number of aliphatic carboxylic acids is 1. The normalized spacial score (nSPS) is 12.7. The van der Waals surface area contributed by atoms with Crippen LogP contribution in [0.5, 0.6) is 0 Å². The molecule has 1 N–H and O–H groups in total. The molecule has 0 rings (SSSR count). The first-order chi connectivity index (χ1) is 29.7. The molecule has 0 aliphatic carbocycles. The van der Waals surface area contributed by atoms with Crippen LogP contribution in [-0.2, 0) is 42.9 Å². The SMILES string of the molecule is CCCCCCCCC(CCCCCC)C(=O)OCCCCCCC(CCCCCCOC(=O)C(CCCCCC)CCCCCCCC)OC(=O)COC(=O)CCC(=O)O. The highest BCUT2D eigenvalue weighted by atomic mass is 16.6. The maximum Gasteiger partial charge on any atom is 0.344 e. The van der Waals surface area contributed by atoms with Gasteiger partial charge >= 0.3 is 29.8 Å². The van der Waals surface area contributed by atoms with E-state index in [0.29, 0.717) is 26.1 Å². The molecule has 0 aliphatic heterocycles. The summed E-state index contributed by atoms with van der Waals surface area (Å²) in [5.41, 5.74) is 0. The number of hydrogen-bond acceptors (Lipinski definition) is 9. The molecule has 10 heteroatoms. The lowest BCUT2D eigenvalue weighted by atomic mass is 9.94. The second kappa shape index (κ2) is 44.0. The molecule has 2 unspecified atom stereocenters. The Hall–Kier alpha value is -2.65. The Morgan fingerprint density at radius 2 is 0.705 bits per heavy atom. The number of hydrogen-bond donors (Lipinski definition) is 1. The number of carbonyl (C=O) groups excluding carboxylic acids is 4. The number of carboxylic acid groups (broad SMARTS) is 1. The van der Waals surface area contributed by atoms with Crippen LogP contribution in [0.4, 0.5) is 0 Å². The Morgan fingerprint density at radius 1 is 0.377 bits per heavy atom. The lowest BCUT2D eigenvalue weighted by Crippen LogP contribution is -2.23. The van der Waals surface area contributed by atoms with E-state index in [1.807, 2.05) is 0 Å². The second-order valence-corrected chi connectivity index (χ2v) is 17.6. The smallest absolute Gasteiger partial charge is 0.344 e. The second-order valence-electron chi connectivity index (χ2n) is 17.6. The van der Waals surface area contributed by atoms with Crippen molar-refractivity contribution in [1.82, 2.24) is 0 Å². The van der Waals surface area contributed by atoms with E-state index in [0.717, 1.165) is 103 Å². The monoisotopic (exact) mass is 867 g/mol. The fraction of sp³-hybridized carbons (Fsp3) is 0.902.